The highest BCUT2D eigenvalue weighted by molar-refractivity contribution is 5.99. The van der Waals surface area contributed by atoms with E-state index in [1.54, 1.807) is 7.11 Å². The summed E-state index contributed by atoms with van der Waals surface area (Å²) in [7, 11) is 1.63. The fourth-order valence-corrected chi connectivity index (χ4v) is 5.06. The van der Waals surface area contributed by atoms with E-state index in [0.29, 0.717) is 13.0 Å². The maximum Gasteiger partial charge on any atom is 0.327 e. The Morgan fingerprint density at radius 1 is 0.649 bits per heavy atom. The van der Waals surface area contributed by atoms with Gasteiger partial charge in [-0.05, 0) is 40.8 Å². The van der Waals surface area contributed by atoms with Crippen molar-refractivity contribution in [2.45, 2.75) is 25.6 Å². The summed E-state index contributed by atoms with van der Waals surface area (Å²) in [5.74, 6) is 0.140. The van der Waals surface area contributed by atoms with Crippen LogP contribution in [0.15, 0.2) is 115 Å². The molecular formula is C32H30N2O3. The third-order valence-electron chi connectivity index (χ3n) is 6.91. The Bertz CT molecular complexity index is 1260. The highest BCUT2D eigenvalue weighted by atomic mass is 16.5. The van der Waals surface area contributed by atoms with Crippen molar-refractivity contribution in [3.63, 3.8) is 0 Å². The van der Waals surface area contributed by atoms with E-state index in [4.69, 9.17) is 4.74 Å². The molecule has 1 aliphatic rings. The zero-order chi connectivity index (χ0) is 25.6. The summed E-state index contributed by atoms with van der Waals surface area (Å²) in [6.07, 6.45) is 0.528. The van der Waals surface area contributed by atoms with Gasteiger partial charge in [-0.2, -0.15) is 0 Å². The van der Waals surface area contributed by atoms with Gasteiger partial charge in [0, 0.05) is 6.54 Å². The second-order valence-corrected chi connectivity index (χ2v) is 9.32. The van der Waals surface area contributed by atoms with Gasteiger partial charge >= 0.3 is 6.03 Å². The summed E-state index contributed by atoms with van der Waals surface area (Å²) < 4.78 is 5.37. The lowest BCUT2D eigenvalue weighted by Crippen LogP contribution is -2.57. The van der Waals surface area contributed by atoms with Crippen molar-refractivity contribution < 1.29 is 14.3 Å². The third kappa shape index (κ3) is 5.41. The minimum absolute atomic E-state index is 0.150. The van der Waals surface area contributed by atoms with Gasteiger partial charge < -0.3 is 9.64 Å². The number of urea groups is 1. The topological polar surface area (TPSA) is 49.9 Å². The van der Waals surface area contributed by atoms with Gasteiger partial charge in [0.15, 0.2) is 0 Å². The molecule has 0 spiro atoms. The molecule has 0 radical (unpaired) electrons. The normalized spacial score (nSPS) is 17.6. The fraction of sp³-hybridized carbons (Fsp3) is 0.188. The molecule has 5 nitrogen and oxygen atoms in total. The van der Waals surface area contributed by atoms with Crippen molar-refractivity contribution in [1.82, 2.24) is 9.80 Å². The third-order valence-corrected chi connectivity index (χ3v) is 6.91. The highest BCUT2D eigenvalue weighted by Gasteiger charge is 2.46. The summed E-state index contributed by atoms with van der Waals surface area (Å²) in [5, 5.41) is 0. The van der Waals surface area contributed by atoms with Crippen LogP contribution in [0.25, 0.3) is 0 Å². The van der Waals surface area contributed by atoms with Crippen LogP contribution in [0.5, 0.6) is 5.75 Å². The SMILES string of the molecule is COc1ccc([C@@H]2[C@@H](Cc3ccccc3)C(=O)N(Cc3ccccc3)C(=O)N2Cc2ccccc2)cc1. The predicted octanol–water partition coefficient (Wildman–Crippen LogP) is 6.26. The average Bonchev–Trinajstić information content (AvgIpc) is 2.95. The first-order chi connectivity index (χ1) is 18.1. The number of nitrogens with zero attached hydrogens (tertiary/aromatic N) is 2. The number of amides is 3. The molecule has 5 rings (SSSR count). The molecule has 1 fully saturated rings. The number of rotatable bonds is 8. The average molecular weight is 491 g/mol. The molecule has 1 aliphatic heterocycles. The van der Waals surface area contributed by atoms with Gasteiger partial charge in [-0.1, -0.05) is 103 Å². The molecule has 37 heavy (non-hydrogen) atoms. The molecule has 4 aromatic rings. The number of carbonyl (C=O) groups is 2. The minimum atomic E-state index is -0.444. The molecule has 0 aromatic heterocycles. The zero-order valence-electron chi connectivity index (χ0n) is 20.9. The van der Waals surface area contributed by atoms with Crippen LogP contribution < -0.4 is 4.74 Å². The van der Waals surface area contributed by atoms with Crippen LogP contribution in [0, 0.1) is 5.92 Å². The molecule has 1 saturated heterocycles. The van der Waals surface area contributed by atoms with Crippen molar-refractivity contribution in [1.29, 1.82) is 0 Å². The Kier molecular flexibility index (Phi) is 7.31. The van der Waals surface area contributed by atoms with Gasteiger partial charge in [0.1, 0.15) is 5.75 Å². The first-order valence-electron chi connectivity index (χ1n) is 12.5. The number of imide groups is 1. The molecule has 0 bridgehead atoms. The standard InChI is InChI=1S/C32H30N2O3/c1-37-28-19-17-27(18-20-28)30-29(21-24-11-5-2-6-12-24)31(35)34(23-26-15-9-4-10-16-26)32(36)33(30)22-25-13-7-3-8-14-25/h2-20,29-30H,21-23H2,1H3/t29-,30-/m1/s1. The van der Waals surface area contributed by atoms with Crippen molar-refractivity contribution >= 4 is 11.9 Å². The van der Waals surface area contributed by atoms with Crippen LogP contribution in [-0.4, -0.2) is 28.8 Å². The largest absolute Gasteiger partial charge is 0.497 e. The summed E-state index contributed by atoms with van der Waals surface area (Å²) in [6, 6.07) is 36.7. The molecule has 1 heterocycles. The van der Waals surface area contributed by atoms with Crippen LogP contribution >= 0.6 is 0 Å². The maximum absolute atomic E-state index is 14.1. The second kappa shape index (κ2) is 11.1. The van der Waals surface area contributed by atoms with Crippen molar-refractivity contribution in [2.75, 3.05) is 7.11 Å². The monoisotopic (exact) mass is 490 g/mol. The quantitative estimate of drug-likeness (QED) is 0.293. The molecule has 3 amide bonds. The molecular weight excluding hydrogens is 460 g/mol. The van der Waals surface area contributed by atoms with Gasteiger partial charge in [-0.15, -0.1) is 0 Å². The Labute approximate surface area is 217 Å². The summed E-state index contributed by atoms with van der Waals surface area (Å²) in [5.41, 5.74) is 3.92. The highest BCUT2D eigenvalue weighted by Crippen LogP contribution is 2.39. The minimum Gasteiger partial charge on any atom is -0.497 e. The number of methoxy groups -OCH3 is 1. The number of benzene rings is 4. The number of ether oxygens (including phenoxy) is 1. The molecule has 186 valence electrons. The van der Waals surface area contributed by atoms with Gasteiger partial charge in [0.05, 0.1) is 25.6 Å². The lowest BCUT2D eigenvalue weighted by Gasteiger charge is -2.45. The van der Waals surface area contributed by atoms with Crippen LogP contribution in [0.1, 0.15) is 28.3 Å². The molecule has 5 heteroatoms. The van der Waals surface area contributed by atoms with Crippen molar-refractivity contribution in [3.8, 4) is 5.75 Å². The first-order valence-corrected chi connectivity index (χ1v) is 12.5. The zero-order valence-corrected chi connectivity index (χ0v) is 20.9. The number of hydrogen-bond acceptors (Lipinski definition) is 3. The predicted molar refractivity (Wildman–Crippen MR) is 144 cm³/mol. The van der Waals surface area contributed by atoms with Crippen molar-refractivity contribution in [3.05, 3.63) is 138 Å². The maximum atomic E-state index is 14.1. The number of carbonyl (C=O) groups excluding carboxylic acids is 2. The van der Waals surface area contributed by atoms with Gasteiger partial charge in [0.25, 0.3) is 0 Å². The Morgan fingerprint density at radius 2 is 1.16 bits per heavy atom. The van der Waals surface area contributed by atoms with E-state index in [0.717, 1.165) is 28.0 Å². The molecule has 0 saturated carbocycles. The Hall–Kier alpha value is -4.38. The van der Waals surface area contributed by atoms with Gasteiger partial charge in [-0.3, -0.25) is 9.69 Å². The lowest BCUT2D eigenvalue weighted by molar-refractivity contribution is -0.140. The van der Waals surface area contributed by atoms with E-state index >= 15 is 0 Å². The molecule has 4 aromatic carbocycles. The van der Waals surface area contributed by atoms with E-state index in [1.165, 1.54) is 4.90 Å². The summed E-state index contributed by atoms with van der Waals surface area (Å²) in [6.45, 7) is 0.643. The molecule has 0 unspecified atom stereocenters. The molecule has 2 atom stereocenters. The fourth-order valence-electron chi connectivity index (χ4n) is 5.06. The molecule has 0 N–H and O–H groups in total. The smallest absolute Gasteiger partial charge is 0.327 e. The van der Waals surface area contributed by atoms with E-state index < -0.39 is 12.0 Å². The van der Waals surface area contributed by atoms with E-state index in [-0.39, 0.29) is 18.5 Å². The second-order valence-electron chi connectivity index (χ2n) is 9.32. The van der Waals surface area contributed by atoms with E-state index in [9.17, 15) is 9.59 Å². The summed E-state index contributed by atoms with van der Waals surface area (Å²) in [4.78, 5) is 31.4. The van der Waals surface area contributed by atoms with Crippen LogP contribution in [-0.2, 0) is 24.3 Å². The Balaban J connectivity index is 1.59. The van der Waals surface area contributed by atoms with E-state index in [1.807, 2.05) is 120 Å². The van der Waals surface area contributed by atoms with Crippen LogP contribution in [0.4, 0.5) is 4.79 Å². The van der Waals surface area contributed by atoms with Crippen molar-refractivity contribution in [2.24, 2.45) is 5.92 Å². The van der Waals surface area contributed by atoms with Crippen LogP contribution in [0.2, 0.25) is 0 Å². The van der Waals surface area contributed by atoms with Gasteiger partial charge in [-0.25, -0.2) is 4.79 Å². The Morgan fingerprint density at radius 3 is 1.70 bits per heavy atom. The van der Waals surface area contributed by atoms with Crippen LogP contribution in [0.3, 0.4) is 0 Å². The summed E-state index contributed by atoms with van der Waals surface area (Å²) >= 11 is 0. The van der Waals surface area contributed by atoms with E-state index in [2.05, 4.69) is 0 Å². The molecule has 0 aliphatic carbocycles. The van der Waals surface area contributed by atoms with Gasteiger partial charge in [0.2, 0.25) is 5.91 Å². The number of hydrogen-bond donors (Lipinski definition) is 0. The first kappa shape index (κ1) is 24.3. The lowest BCUT2D eigenvalue weighted by atomic mass is 9.83.